The molecular weight excluding hydrogens is 295 g/mol. The fourth-order valence-corrected chi connectivity index (χ4v) is 1.11. The molecule has 0 radical (unpaired) electrons. The first-order valence-electron chi connectivity index (χ1n) is 4.45. The van der Waals surface area contributed by atoms with Gasteiger partial charge < -0.3 is 29.7 Å². The molecule has 7 nitrogen and oxygen atoms in total. The van der Waals surface area contributed by atoms with Gasteiger partial charge in [-0.2, -0.15) is 0 Å². The zero-order valence-electron chi connectivity index (χ0n) is 11.0. The molecule has 0 saturated heterocycles. The van der Waals surface area contributed by atoms with E-state index in [-0.39, 0.29) is 71.4 Å². The van der Waals surface area contributed by atoms with Gasteiger partial charge in [0, 0.05) is 0 Å². The van der Waals surface area contributed by atoms with E-state index in [2.05, 4.69) is 10.3 Å². The number of nitrogens with two attached hydrogens (primary N) is 1. The molecule has 0 fully saturated rings. The Morgan fingerprint density at radius 3 is 1.95 bits per heavy atom. The predicted molar refractivity (Wildman–Crippen MR) is 56.1 cm³/mol. The van der Waals surface area contributed by atoms with Gasteiger partial charge in [-0.25, -0.2) is 0 Å². The third-order valence-electron chi connectivity index (χ3n) is 1.41. The minimum Gasteiger partial charge on any atom is -0.780 e. The van der Waals surface area contributed by atoms with Gasteiger partial charge in [-0.3, -0.25) is 4.79 Å². The zero-order chi connectivity index (χ0) is 13.5. The van der Waals surface area contributed by atoms with Crippen molar-refractivity contribution < 1.29 is 87.9 Å². The fourth-order valence-electron chi connectivity index (χ4n) is 0.728. The van der Waals surface area contributed by atoms with Crippen molar-refractivity contribution in [1.29, 1.82) is 0 Å². The molecule has 19 heavy (non-hydrogen) atoms. The second-order valence-electron chi connectivity index (χ2n) is 2.95. The van der Waals surface area contributed by atoms with Gasteiger partial charge in [-0.1, -0.05) is 17.7 Å². The summed E-state index contributed by atoms with van der Waals surface area (Å²) in [7, 11) is -4.90. The molecule has 96 valence electrons. The second kappa shape index (κ2) is 12.3. The maximum absolute atomic E-state index is 10.1. The molecule has 0 heterocycles. The smallest absolute Gasteiger partial charge is 0.780 e. The number of hydrogen-bond donors (Lipinski definition) is 2. The Labute approximate surface area is 155 Å². The Morgan fingerprint density at radius 2 is 1.68 bits per heavy atom. The molecule has 0 aliphatic rings. The average molecular weight is 307 g/mol. The molecule has 0 bridgehead atoms. The van der Waals surface area contributed by atoms with Gasteiger partial charge in [0.05, 0.1) is 6.54 Å². The maximum atomic E-state index is 10.1. The number of hydrogen-bond acceptors (Lipinski definition) is 6. The molecule has 0 atom stereocenters. The Morgan fingerprint density at radius 1 is 1.32 bits per heavy atom. The number of rotatable bonds is 3. The quantitative estimate of drug-likeness (QED) is 0.418. The van der Waals surface area contributed by atoms with E-state index >= 15 is 0 Å². The van der Waals surface area contributed by atoms with Crippen molar-refractivity contribution in [3.63, 3.8) is 0 Å². The topological polar surface area (TPSA) is 136 Å². The minimum absolute atomic E-state index is 0. The van der Waals surface area contributed by atoms with Gasteiger partial charge in [0.1, 0.15) is 13.6 Å². The van der Waals surface area contributed by atoms with Gasteiger partial charge >= 0.3 is 65.1 Å². The van der Waals surface area contributed by atoms with Crippen LogP contribution in [0.4, 0.5) is 0 Å². The van der Waals surface area contributed by atoms with E-state index in [1.54, 1.807) is 12.1 Å². The van der Waals surface area contributed by atoms with Crippen LogP contribution in [0.1, 0.15) is 5.56 Å². The summed E-state index contributed by atoms with van der Waals surface area (Å²) in [4.78, 5) is 29.5. The fraction of sp³-hybridized carbons (Fsp3) is 0.222. The average Bonchev–Trinajstić information content (AvgIpc) is 2.20. The third kappa shape index (κ3) is 16.5. The molecule has 1 rings (SSSR count). The van der Waals surface area contributed by atoms with Gasteiger partial charge in [0.15, 0.2) is 0 Å². The number of carbonyl (C=O) groups is 1. The largest absolute Gasteiger partial charge is 1.00 e. The maximum Gasteiger partial charge on any atom is 1.00 e. The van der Waals surface area contributed by atoms with Crippen molar-refractivity contribution >= 4 is 13.8 Å². The standard InChI is InChI=1S/C7H9O4P.C2H5NO2.2Na/c1-6-2-4-7(5-3-6)11-12(8,9)10;3-1-2(4)5;;/h2-5H,1H3,(H2,8,9,10);1,3H2,(H,4,5);;/q;;2*+1/p-2. The van der Waals surface area contributed by atoms with Crippen LogP contribution in [0.3, 0.4) is 0 Å². The number of phosphoric acid groups is 1. The predicted octanol–water partition coefficient (Wildman–Crippen LogP) is -6.76. The van der Waals surface area contributed by atoms with Crippen LogP contribution in [0.25, 0.3) is 0 Å². The van der Waals surface area contributed by atoms with Crippen LogP contribution in [0.5, 0.6) is 5.75 Å². The van der Waals surface area contributed by atoms with Crippen LogP contribution >= 0.6 is 7.82 Å². The van der Waals surface area contributed by atoms with Crippen LogP contribution in [0.15, 0.2) is 24.3 Å². The molecule has 0 unspecified atom stereocenters. The normalized spacial score (nSPS) is 9.05. The van der Waals surface area contributed by atoms with Crippen molar-refractivity contribution in [2.45, 2.75) is 6.92 Å². The second-order valence-corrected chi connectivity index (χ2v) is 4.03. The van der Waals surface area contributed by atoms with E-state index in [0.29, 0.717) is 0 Å². The van der Waals surface area contributed by atoms with E-state index in [1.807, 2.05) is 6.92 Å². The van der Waals surface area contributed by atoms with Crippen LogP contribution in [-0.4, -0.2) is 17.6 Å². The van der Waals surface area contributed by atoms with Gasteiger partial charge in [-0.15, -0.1) is 0 Å². The first kappa shape index (κ1) is 24.6. The molecule has 0 saturated carbocycles. The summed E-state index contributed by atoms with van der Waals surface area (Å²) in [5.74, 6) is -0.918. The number of carboxylic acid groups (broad SMARTS) is 1. The molecule has 0 aliphatic carbocycles. The summed E-state index contributed by atoms with van der Waals surface area (Å²) in [5, 5.41) is 7.60. The Kier molecular flexibility index (Phi) is 16.0. The van der Waals surface area contributed by atoms with E-state index < -0.39 is 13.8 Å². The Hall–Kier alpha value is 0.600. The number of aliphatic carboxylic acids is 1. The molecule has 0 aromatic heterocycles. The molecule has 1 aromatic carbocycles. The summed E-state index contributed by atoms with van der Waals surface area (Å²) < 4.78 is 14.2. The summed E-state index contributed by atoms with van der Waals surface area (Å²) in [6, 6.07) is 6.17. The first-order chi connectivity index (χ1) is 7.74. The van der Waals surface area contributed by atoms with Crippen LogP contribution in [0, 0.1) is 6.92 Å². The number of carboxylic acids is 1. The monoisotopic (exact) mass is 307 g/mol. The molecule has 0 aliphatic heterocycles. The van der Waals surface area contributed by atoms with Crippen molar-refractivity contribution in [2.75, 3.05) is 6.54 Å². The minimum atomic E-state index is -4.90. The Balaban J connectivity index is -0.000000320. The summed E-state index contributed by atoms with van der Waals surface area (Å²) in [6.07, 6.45) is 0. The summed E-state index contributed by atoms with van der Waals surface area (Å²) >= 11 is 0. The zero-order valence-corrected chi connectivity index (χ0v) is 15.9. The van der Waals surface area contributed by atoms with Crippen molar-refractivity contribution in [1.82, 2.24) is 0 Å². The van der Waals surface area contributed by atoms with Crippen molar-refractivity contribution in [3.05, 3.63) is 29.8 Å². The number of aryl methyl sites for hydroxylation is 1. The Bertz CT molecular complexity index is 408. The first-order valence-corrected chi connectivity index (χ1v) is 5.91. The van der Waals surface area contributed by atoms with Gasteiger partial charge in [-0.05, 0) is 19.1 Å². The molecule has 0 spiro atoms. The van der Waals surface area contributed by atoms with E-state index in [9.17, 15) is 19.1 Å². The molecule has 1 aromatic rings. The summed E-state index contributed by atoms with van der Waals surface area (Å²) in [6.45, 7) is 1.57. The van der Waals surface area contributed by atoms with Crippen LogP contribution < -0.4 is 79.2 Å². The van der Waals surface area contributed by atoms with Crippen molar-refractivity contribution in [3.8, 4) is 5.75 Å². The van der Waals surface area contributed by atoms with E-state index in [1.165, 1.54) is 12.1 Å². The SMILES string of the molecule is Cc1ccc(OP(=O)([O-])[O-])cc1.NCC(=O)O.[Na+].[Na+]. The molecule has 0 amide bonds. The summed E-state index contributed by atoms with van der Waals surface area (Å²) in [5.41, 5.74) is 5.54. The number of benzene rings is 1. The molecule has 3 N–H and O–H groups in total. The van der Waals surface area contributed by atoms with Crippen LogP contribution in [0.2, 0.25) is 0 Å². The third-order valence-corrected chi connectivity index (χ3v) is 1.85. The number of phosphoric ester groups is 1. The van der Waals surface area contributed by atoms with Gasteiger partial charge in [0.2, 0.25) is 0 Å². The van der Waals surface area contributed by atoms with Crippen LogP contribution in [-0.2, 0) is 9.36 Å². The van der Waals surface area contributed by atoms with Crippen molar-refractivity contribution in [2.24, 2.45) is 5.73 Å². The van der Waals surface area contributed by atoms with E-state index in [0.717, 1.165) is 5.56 Å². The van der Waals surface area contributed by atoms with Gasteiger partial charge in [0.25, 0.3) is 0 Å². The van der Waals surface area contributed by atoms with E-state index in [4.69, 9.17) is 5.11 Å². The molecular formula is C9H12NNa2O6P. The molecule has 10 heteroatoms.